The van der Waals surface area contributed by atoms with Gasteiger partial charge in [0.15, 0.2) is 0 Å². The summed E-state index contributed by atoms with van der Waals surface area (Å²) in [7, 11) is 0. The van der Waals surface area contributed by atoms with E-state index in [1.54, 1.807) is 0 Å². The second-order valence-electron chi connectivity index (χ2n) is 4.18. The summed E-state index contributed by atoms with van der Waals surface area (Å²) < 4.78 is 5.29. The lowest BCUT2D eigenvalue weighted by Gasteiger charge is -2.36. The van der Waals surface area contributed by atoms with Crippen LogP contribution in [0.1, 0.15) is 26.2 Å². The van der Waals surface area contributed by atoms with Gasteiger partial charge in [-0.25, -0.2) is 0 Å². The minimum Gasteiger partial charge on any atom is -0.394 e. The summed E-state index contributed by atoms with van der Waals surface area (Å²) in [5.74, 6) is 0. The van der Waals surface area contributed by atoms with Crippen molar-refractivity contribution in [2.75, 3.05) is 26.4 Å². The Bertz CT molecular complexity index is 186. The van der Waals surface area contributed by atoms with E-state index in [0.717, 1.165) is 39.0 Å². The predicted octanol–water partition coefficient (Wildman–Crippen LogP) is 1.08. The third-order valence-corrected chi connectivity index (χ3v) is 2.80. The minimum atomic E-state index is -0.103. The summed E-state index contributed by atoms with van der Waals surface area (Å²) in [4.78, 5) is 0. The SMILES string of the molecule is C=C(C)CCNC1(CO)CCOCC1. The van der Waals surface area contributed by atoms with Crippen molar-refractivity contribution >= 4 is 0 Å². The first-order valence-electron chi connectivity index (χ1n) is 5.26. The molecule has 0 spiro atoms. The summed E-state index contributed by atoms with van der Waals surface area (Å²) in [5, 5.41) is 12.8. The number of aliphatic hydroxyl groups excluding tert-OH is 1. The summed E-state index contributed by atoms with van der Waals surface area (Å²) in [6.45, 7) is 8.49. The van der Waals surface area contributed by atoms with Crippen LogP contribution >= 0.6 is 0 Å². The van der Waals surface area contributed by atoms with Gasteiger partial charge >= 0.3 is 0 Å². The number of rotatable bonds is 5. The van der Waals surface area contributed by atoms with E-state index in [4.69, 9.17) is 4.74 Å². The molecule has 3 nitrogen and oxygen atoms in total. The van der Waals surface area contributed by atoms with Crippen LogP contribution < -0.4 is 5.32 Å². The zero-order valence-electron chi connectivity index (χ0n) is 9.01. The average Bonchev–Trinajstić information content (AvgIpc) is 2.19. The molecule has 3 heteroatoms. The molecular formula is C11H21NO2. The van der Waals surface area contributed by atoms with E-state index in [-0.39, 0.29) is 12.1 Å². The molecule has 0 amide bonds. The topological polar surface area (TPSA) is 41.5 Å². The van der Waals surface area contributed by atoms with Crippen LogP contribution in [0.4, 0.5) is 0 Å². The van der Waals surface area contributed by atoms with Crippen molar-refractivity contribution < 1.29 is 9.84 Å². The second-order valence-corrected chi connectivity index (χ2v) is 4.18. The molecule has 82 valence electrons. The smallest absolute Gasteiger partial charge is 0.0615 e. The van der Waals surface area contributed by atoms with Crippen molar-refractivity contribution in [3.63, 3.8) is 0 Å². The summed E-state index contributed by atoms with van der Waals surface area (Å²) in [6.07, 6.45) is 2.78. The van der Waals surface area contributed by atoms with Gasteiger partial charge in [-0.2, -0.15) is 0 Å². The molecule has 0 unspecified atom stereocenters. The van der Waals surface area contributed by atoms with Crippen LogP contribution in [0.2, 0.25) is 0 Å². The first-order chi connectivity index (χ1) is 6.68. The van der Waals surface area contributed by atoms with Crippen molar-refractivity contribution in [1.82, 2.24) is 5.32 Å². The fourth-order valence-corrected chi connectivity index (χ4v) is 1.69. The molecule has 0 bridgehead atoms. The molecule has 1 fully saturated rings. The van der Waals surface area contributed by atoms with Crippen LogP contribution in [0.3, 0.4) is 0 Å². The highest BCUT2D eigenvalue weighted by molar-refractivity contribution is 4.93. The van der Waals surface area contributed by atoms with Crippen molar-refractivity contribution in [1.29, 1.82) is 0 Å². The number of ether oxygens (including phenoxy) is 1. The van der Waals surface area contributed by atoms with Crippen LogP contribution in [-0.2, 0) is 4.74 Å². The van der Waals surface area contributed by atoms with E-state index in [1.807, 2.05) is 6.92 Å². The lowest BCUT2D eigenvalue weighted by atomic mass is 9.91. The molecule has 0 saturated carbocycles. The monoisotopic (exact) mass is 199 g/mol. The largest absolute Gasteiger partial charge is 0.394 e. The van der Waals surface area contributed by atoms with E-state index in [2.05, 4.69) is 11.9 Å². The molecule has 0 aliphatic carbocycles. The molecule has 2 N–H and O–H groups in total. The first kappa shape index (κ1) is 11.7. The Morgan fingerprint density at radius 3 is 2.64 bits per heavy atom. The third kappa shape index (κ3) is 3.40. The fourth-order valence-electron chi connectivity index (χ4n) is 1.69. The van der Waals surface area contributed by atoms with E-state index in [1.165, 1.54) is 5.57 Å². The quantitative estimate of drug-likeness (QED) is 0.651. The molecule has 1 aliphatic rings. The lowest BCUT2D eigenvalue weighted by Crippen LogP contribution is -2.52. The summed E-state index contributed by atoms with van der Waals surface area (Å²) in [5.41, 5.74) is 1.07. The second kappa shape index (κ2) is 5.49. The maximum absolute atomic E-state index is 9.37. The Morgan fingerprint density at radius 2 is 2.14 bits per heavy atom. The summed E-state index contributed by atoms with van der Waals surface area (Å²) >= 11 is 0. The molecule has 14 heavy (non-hydrogen) atoms. The third-order valence-electron chi connectivity index (χ3n) is 2.80. The Labute approximate surface area is 86.2 Å². The molecule has 0 aromatic rings. The zero-order chi connectivity index (χ0) is 10.4. The van der Waals surface area contributed by atoms with E-state index >= 15 is 0 Å². The van der Waals surface area contributed by atoms with Crippen LogP contribution in [0, 0.1) is 0 Å². The molecule has 0 aromatic heterocycles. The van der Waals surface area contributed by atoms with E-state index < -0.39 is 0 Å². The van der Waals surface area contributed by atoms with Crippen LogP contribution in [0.5, 0.6) is 0 Å². The molecule has 1 rings (SSSR count). The van der Waals surface area contributed by atoms with Gasteiger partial charge in [-0.3, -0.25) is 0 Å². The fraction of sp³-hybridized carbons (Fsp3) is 0.818. The van der Waals surface area contributed by atoms with Gasteiger partial charge in [-0.15, -0.1) is 6.58 Å². The highest BCUT2D eigenvalue weighted by Gasteiger charge is 2.30. The molecule has 0 atom stereocenters. The molecule has 0 radical (unpaired) electrons. The van der Waals surface area contributed by atoms with Crippen molar-refractivity contribution in [2.24, 2.45) is 0 Å². The predicted molar refractivity (Wildman–Crippen MR) is 57.3 cm³/mol. The van der Waals surface area contributed by atoms with Gasteiger partial charge in [0, 0.05) is 18.8 Å². The van der Waals surface area contributed by atoms with Gasteiger partial charge in [0.1, 0.15) is 0 Å². The van der Waals surface area contributed by atoms with Gasteiger partial charge in [0.2, 0.25) is 0 Å². The summed E-state index contributed by atoms with van der Waals surface area (Å²) in [6, 6.07) is 0. The van der Waals surface area contributed by atoms with Crippen molar-refractivity contribution in [3.8, 4) is 0 Å². The average molecular weight is 199 g/mol. The van der Waals surface area contributed by atoms with E-state index in [9.17, 15) is 5.11 Å². The standard InChI is InChI=1S/C11H21NO2/c1-10(2)3-6-12-11(9-13)4-7-14-8-5-11/h12-13H,1,3-9H2,2H3. The Balaban J connectivity index is 2.32. The highest BCUT2D eigenvalue weighted by atomic mass is 16.5. The van der Waals surface area contributed by atoms with Crippen molar-refractivity contribution in [2.45, 2.75) is 31.7 Å². The number of aliphatic hydroxyl groups is 1. The van der Waals surface area contributed by atoms with Crippen LogP contribution in [0.25, 0.3) is 0 Å². The van der Waals surface area contributed by atoms with Gasteiger partial charge in [-0.05, 0) is 32.7 Å². The number of nitrogens with one attached hydrogen (secondary N) is 1. The Hall–Kier alpha value is -0.380. The Kier molecular flexibility index (Phi) is 4.58. The maximum Gasteiger partial charge on any atom is 0.0615 e. The zero-order valence-corrected chi connectivity index (χ0v) is 9.01. The minimum absolute atomic E-state index is 0.103. The van der Waals surface area contributed by atoms with Gasteiger partial charge < -0.3 is 15.2 Å². The van der Waals surface area contributed by atoms with Crippen LogP contribution in [0.15, 0.2) is 12.2 Å². The molecule has 1 aliphatic heterocycles. The number of hydrogen-bond donors (Lipinski definition) is 2. The lowest BCUT2D eigenvalue weighted by molar-refractivity contribution is 0.0123. The first-order valence-corrected chi connectivity index (χ1v) is 5.26. The van der Waals surface area contributed by atoms with Crippen molar-refractivity contribution in [3.05, 3.63) is 12.2 Å². The number of hydrogen-bond acceptors (Lipinski definition) is 3. The van der Waals surface area contributed by atoms with Gasteiger partial charge in [0.25, 0.3) is 0 Å². The molecular weight excluding hydrogens is 178 g/mol. The van der Waals surface area contributed by atoms with Crippen LogP contribution in [-0.4, -0.2) is 37.0 Å². The van der Waals surface area contributed by atoms with E-state index in [0.29, 0.717) is 0 Å². The molecule has 1 saturated heterocycles. The van der Waals surface area contributed by atoms with Gasteiger partial charge in [0.05, 0.1) is 6.61 Å². The van der Waals surface area contributed by atoms with Gasteiger partial charge in [-0.1, -0.05) is 5.57 Å². The Morgan fingerprint density at radius 1 is 1.50 bits per heavy atom. The maximum atomic E-state index is 9.37. The molecule has 0 aromatic carbocycles. The highest BCUT2D eigenvalue weighted by Crippen LogP contribution is 2.19. The normalized spacial score (nSPS) is 20.7. The molecule has 1 heterocycles.